The van der Waals surface area contributed by atoms with Gasteiger partial charge >= 0.3 is 5.97 Å². The summed E-state index contributed by atoms with van der Waals surface area (Å²) in [5.74, 6) is 1.42. The third kappa shape index (κ3) is 6.35. The van der Waals surface area contributed by atoms with Gasteiger partial charge in [0.15, 0.2) is 0 Å². The molecule has 1 aromatic rings. The van der Waals surface area contributed by atoms with E-state index >= 15 is 0 Å². The molecule has 0 aromatic heterocycles. The van der Waals surface area contributed by atoms with E-state index in [1.807, 2.05) is 56.1 Å². The highest BCUT2D eigenvalue weighted by Crippen LogP contribution is 2.60. The standard InChI is InChI=1S/C43H60N2O4/c1-27(2)28(3)17-18-29(4)34-21-22-35-31(16-13-23-42(34,35)8)25-43(9)36-24-33(49-40(48)41(5,6)7)20-19-32(36)26-44-38(46)37(39(47)45(43)44)30-14-11-10-12-15-30/h10-12,14-15,17-18,25,27-29,33-35,37H,13,16,19-24,26H2,1-9H3/b18-17+,31-25+/t28-,29+,33-,34-,35-,37+,42+,43-/m0/s1. The number of fused-ring (bicyclic) bond motifs is 2. The van der Waals surface area contributed by atoms with E-state index in [1.54, 1.807) is 5.01 Å². The van der Waals surface area contributed by atoms with Crippen molar-refractivity contribution in [1.82, 2.24) is 10.0 Å². The normalized spacial score (nSPS) is 34.0. The molecule has 0 unspecified atom stereocenters. The number of hydrogen-bond donors (Lipinski definition) is 0. The number of amides is 2. The average molecular weight is 669 g/mol. The number of hydrazine groups is 1. The summed E-state index contributed by atoms with van der Waals surface area (Å²) in [5.41, 5.74) is 3.34. The summed E-state index contributed by atoms with van der Waals surface area (Å²) < 4.78 is 6.13. The molecule has 6 heteroatoms. The van der Waals surface area contributed by atoms with Crippen LogP contribution in [0.4, 0.5) is 0 Å². The summed E-state index contributed by atoms with van der Waals surface area (Å²) in [6, 6.07) is 9.52. The molecule has 2 saturated carbocycles. The third-order valence-electron chi connectivity index (χ3n) is 13.1. The van der Waals surface area contributed by atoms with E-state index in [1.165, 1.54) is 24.0 Å². The predicted octanol–water partition coefficient (Wildman–Crippen LogP) is 9.19. The van der Waals surface area contributed by atoms with Crippen molar-refractivity contribution in [3.63, 3.8) is 0 Å². The number of ether oxygens (including phenoxy) is 1. The van der Waals surface area contributed by atoms with Crippen molar-refractivity contribution in [3.05, 3.63) is 70.8 Å². The Labute approximate surface area is 295 Å². The van der Waals surface area contributed by atoms with Crippen molar-refractivity contribution >= 4 is 17.8 Å². The second kappa shape index (κ2) is 13.2. The summed E-state index contributed by atoms with van der Waals surface area (Å²) >= 11 is 0. The van der Waals surface area contributed by atoms with Crippen molar-refractivity contribution in [2.75, 3.05) is 6.54 Å². The van der Waals surface area contributed by atoms with Crippen LogP contribution in [-0.4, -0.2) is 46.0 Å². The van der Waals surface area contributed by atoms with Gasteiger partial charge in [0.05, 0.1) is 12.0 Å². The lowest BCUT2D eigenvalue weighted by Crippen LogP contribution is -2.60. The molecule has 0 spiro atoms. The lowest BCUT2D eigenvalue weighted by Gasteiger charge is -2.51. The zero-order valence-electron chi connectivity index (χ0n) is 31.6. The second-order valence-corrected chi connectivity index (χ2v) is 17.8. The quantitative estimate of drug-likeness (QED) is 0.165. The Morgan fingerprint density at radius 3 is 2.35 bits per heavy atom. The Morgan fingerprint density at radius 1 is 0.959 bits per heavy atom. The van der Waals surface area contributed by atoms with Crippen LogP contribution in [0.1, 0.15) is 125 Å². The van der Waals surface area contributed by atoms with Crippen LogP contribution in [0.5, 0.6) is 0 Å². The van der Waals surface area contributed by atoms with Crippen LogP contribution in [0.25, 0.3) is 0 Å². The summed E-state index contributed by atoms with van der Waals surface area (Å²) in [6.45, 7) is 20.1. The Bertz CT molecular complexity index is 1550. The largest absolute Gasteiger partial charge is 0.462 e. The lowest BCUT2D eigenvalue weighted by molar-refractivity contribution is -0.161. The molecule has 1 saturated heterocycles. The van der Waals surface area contributed by atoms with Gasteiger partial charge in [0.25, 0.3) is 11.8 Å². The summed E-state index contributed by atoms with van der Waals surface area (Å²) in [6.07, 6.45) is 14.9. The smallest absolute Gasteiger partial charge is 0.311 e. The van der Waals surface area contributed by atoms with Crippen molar-refractivity contribution in [3.8, 4) is 0 Å². The highest BCUT2D eigenvalue weighted by Gasteiger charge is 2.58. The minimum atomic E-state index is -0.844. The van der Waals surface area contributed by atoms with Gasteiger partial charge in [0.1, 0.15) is 17.6 Å². The second-order valence-electron chi connectivity index (χ2n) is 17.8. The number of hydrogen-bond acceptors (Lipinski definition) is 4. The van der Waals surface area contributed by atoms with Crippen LogP contribution in [-0.2, 0) is 19.1 Å². The molecule has 3 fully saturated rings. The Morgan fingerprint density at radius 2 is 1.67 bits per heavy atom. The summed E-state index contributed by atoms with van der Waals surface area (Å²) in [5, 5.41) is 3.56. The van der Waals surface area contributed by atoms with Crippen LogP contribution >= 0.6 is 0 Å². The first-order valence-electron chi connectivity index (χ1n) is 19.1. The maximum absolute atomic E-state index is 14.6. The fourth-order valence-electron chi connectivity index (χ4n) is 9.92. The molecule has 6 nitrogen and oxygen atoms in total. The number of benzene rings is 1. The first kappa shape index (κ1) is 35.7. The van der Waals surface area contributed by atoms with Crippen molar-refractivity contribution in [2.24, 2.45) is 40.4 Å². The molecule has 2 heterocycles. The fourth-order valence-corrected chi connectivity index (χ4v) is 9.92. The fraction of sp³-hybridized carbons (Fsp3) is 0.651. The molecule has 3 aliphatic carbocycles. The average Bonchev–Trinajstić information content (AvgIpc) is 3.53. The van der Waals surface area contributed by atoms with Gasteiger partial charge in [-0.15, -0.1) is 0 Å². The number of carbonyl (C=O) groups excluding carboxylic acids is 3. The molecule has 0 bridgehead atoms. The Hall–Kier alpha value is -3.15. The van der Waals surface area contributed by atoms with Gasteiger partial charge < -0.3 is 4.74 Å². The van der Waals surface area contributed by atoms with E-state index in [0.717, 1.165) is 43.2 Å². The van der Waals surface area contributed by atoms with E-state index in [-0.39, 0.29) is 29.3 Å². The van der Waals surface area contributed by atoms with Crippen molar-refractivity contribution in [2.45, 2.75) is 131 Å². The van der Waals surface area contributed by atoms with Gasteiger partial charge in [-0.25, -0.2) is 10.0 Å². The van der Waals surface area contributed by atoms with Crippen LogP contribution in [0.2, 0.25) is 0 Å². The molecule has 5 aliphatic rings. The highest BCUT2D eigenvalue weighted by molar-refractivity contribution is 6.11. The van der Waals surface area contributed by atoms with Gasteiger partial charge in [0, 0.05) is 6.42 Å². The van der Waals surface area contributed by atoms with E-state index < -0.39 is 16.9 Å². The van der Waals surface area contributed by atoms with Crippen LogP contribution in [0.3, 0.4) is 0 Å². The molecular weight excluding hydrogens is 608 g/mol. The number of esters is 1. The maximum Gasteiger partial charge on any atom is 0.311 e. The van der Waals surface area contributed by atoms with E-state index in [0.29, 0.717) is 42.6 Å². The first-order valence-corrected chi connectivity index (χ1v) is 19.1. The van der Waals surface area contributed by atoms with Crippen LogP contribution in [0.15, 0.2) is 65.3 Å². The molecule has 1 aromatic carbocycles. The molecule has 2 amide bonds. The number of allylic oxidation sites excluding steroid dienone is 3. The molecule has 6 rings (SSSR count). The molecule has 8 atom stereocenters. The predicted molar refractivity (Wildman–Crippen MR) is 195 cm³/mol. The Balaban J connectivity index is 1.39. The molecular formula is C43H60N2O4. The topological polar surface area (TPSA) is 66.9 Å². The Kier molecular flexibility index (Phi) is 9.60. The van der Waals surface area contributed by atoms with Gasteiger partial charge in [-0.1, -0.05) is 88.8 Å². The SMILES string of the molecule is CC(C)[C@@H](C)/C=C/[C@@H](C)[C@@H]1CC[C@H]2/C(=C/[C@@]3(C)C4=C(CC[C@H](OC(=O)C(C)(C)C)C4)CN4C(=O)[C@@H](c5ccccc5)C(=O)N43)CCC[C@@]21C. The molecule has 0 N–H and O–H groups in total. The van der Waals surface area contributed by atoms with Gasteiger partial charge in [-0.2, -0.15) is 0 Å². The first-order chi connectivity index (χ1) is 23.1. The van der Waals surface area contributed by atoms with E-state index in [2.05, 4.69) is 59.8 Å². The van der Waals surface area contributed by atoms with Crippen molar-refractivity contribution in [1.29, 1.82) is 0 Å². The molecule has 49 heavy (non-hydrogen) atoms. The van der Waals surface area contributed by atoms with Crippen LogP contribution in [0, 0.1) is 40.4 Å². The molecule has 2 aliphatic heterocycles. The third-order valence-corrected chi connectivity index (χ3v) is 13.1. The maximum atomic E-state index is 14.6. The number of nitrogens with zero attached hydrogens (tertiary/aromatic N) is 2. The summed E-state index contributed by atoms with van der Waals surface area (Å²) in [7, 11) is 0. The lowest BCUT2D eigenvalue weighted by atomic mass is 9.60. The summed E-state index contributed by atoms with van der Waals surface area (Å²) in [4.78, 5) is 41.8. The van der Waals surface area contributed by atoms with Crippen LogP contribution < -0.4 is 0 Å². The minimum Gasteiger partial charge on any atom is -0.462 e. The van der Waals surface area contributed by atoms with Crippen molar-refractivity contribution < 1.29 is 19.1 Å². The number of carbonyl (C=O) groups is 3. The van der Waals surface area contributed by atoms with E-state index in [9.17, 15) is 14.4 Å². The number of rotatable bonds is 7. The molecule has 266 valence electrons. The highest BCUT2D eigenvalue weighted by atomic mass is 16.5. The monoisotopic (exact) mass is 668 g/mol. The minimum absolute atomic E-state index is 0.140. The van der Waals surface area contributed by atoms with Gasteiger partial charge in [-0.05, 0) is 124 Å². The van der Waals surface area contributed by atoms with E-state index in [4.69, 9.17) is 4.74 Å². The zero-order valence-corrected chi connectivity index (χ0v) is 31.6. The van der Waals surface area contributed by atoms with Gasteiger partial charge in [0.2, 0.25) is 0 Å². The molecule has 0 radical (unpaired) electrons. The zero-order chi connectivity index (χ0) is 35.5. The van der Waals surface area contributed by atoms with Gasteiger partial charge in [-0.3, -0.25) is 14.4 Å².